The smallest absolute Gasteiger partial charge is 0.326 e. The molecule has 2 atom stereocenters. The van der Waals surface area contributed by atoms with Gasteiger partial charge < -0.3 is 15.0 Å². The molecule has 1 N–H and O–H groups in total. The normalized spacial score (nSPS) is 18.1. The molecule has 26 heavy (non-hydrogen) atoms. The molecule has 1 aromatic rings. The zero-order valence-electron chi connectivity index (χ0n) is 15.2. The molecule has 142 valence electrons. The first-order valence-electron chi connectivity index (χ1n) is 8.96. The van der Waals surface area contributed by atoms with Crippen LogP contribution >= 0.6 is 15.9 Å². The maximum absolute atomic E-state index is 12.6. The standard InChI is InChI=1S/C19H25BrN2O4/c1-3-16-6-4-5-11-22(16)19(25)13(2)26-17(23)12-21-18(24)14-7-9-15(20)10-8-14/h7-10,13,16H,3-6,11-12H2,1-2H3,(H,21,24). The zero-order valence-corrected chi connectivity index (χ0v) is 16.8. The highest BCUT2D eigenvalue weighted by Crippen LogP contribution is 2.20. The van der Waals surface area contributed by atoms with E-state index in [4.69, 9.17) is 4.74 Å². The van der Waals surface area contributed by atoms with Gasteiger partial charge in [-0.15, -0.1) is 0 Å². The Balaban J connectivity index is 1.81. The number of carbonyl (C=O) groups excluding carboxylic acids is 3. The second kappa shape index (κ2) is 9.71. The van der Waals surface area contributed by atoms with E-state index >= 15 is 0 Å². The van der Waals surface area contributed by atoms with Crippen LogP contribution < -0.4 is 5.32 Å². The van der Waals surface area contributed by atoms with Gasteiger partial charge >= 0.3 is 5.97 Å². The van der Waals surface area contributed by atoms with Crippen molar-refractivity contribution in [2.24, 2.45) is 0 Å². The highest BCUT2D eigenvalue weighted by molar-refractivity contribution is 9.10. The Kier molecular flexibility index (Phi) is 7.63. The number of hydrogen-bond acceptors (Lipinski definition) is 4. The summed E-state index contributed by atoms with van der Waals surface area (Å²) in [5, 5.41) is 2.51. The summed E-state index contributed by atoms with van der Waals surface area (Å²) in [7, 11) is 0. The van der Waals surface area contributed by atoms with Gasteiger partial charge in [0.05, 0.1) is 0 Å². The molecule has 2 amide bonds. The van der Waals surface area contributed by atoms with Gasteiger partial charge in [0, 0.05) is 22.6 Å². The van der Waals surface area contributed by atoms with E-state index in [1.54, 1.807) is 31.2 Å². The highest BCUT2D eigenvalue weighted by Gasteiger charge is 2.30. The third kappa shape index (κ3) is 5.56. The number of nitrogens with one attached hydrogen (secondary N) is 1. The molecule has 0 spiro atoms. The van der Waals surface area contributed by atoms with Crippen molar-refractivity contribution in [3.8, 4) is 0 Å². The second-order valence-electron chi connectivity index (χ2n) is 6.41. The van der Waals surface area contributed by atoms with Gasteiger partial charge in [-0.3, -0.25) is 14.4 Å². The van der Waals surface area contributed by atoms with Gasteiger partial charge in [0.2, 0.25) is 0 Å². The summed E-state index contributed by atoms with van der Waals surface area (Å²) >= 11 is 3.30. The van der Waals surface area contributed by atoms with Crippen LogP contribution in [0, 0.1) is 0 Å². The first-order chi connectivity index (χ1) is 12.4. The van der Waals surface area contributed by atoms with E-state index in [9.17, 15) is 14.4 Å². The minimum atomic E-state index is -0.848. The van der Waals surface area contributed by atoms with Gasteiger partial charge in [0.25, 0.3) is 11.8 Å². The third-order valence-electron chi connectivity index (χ3n) is 4.54. The Hall–Kier alpha value is -1.89. The number of ether oxygens (including phenoxy) is 1. The molecule has 1 saturated heterocycles. The molecule has 1 aromatic carbocycles. The molecule has 6 nitrogen and oxygen atoms in total. The van der Waals surface area contributed by atoms with Gasteiger partial charge in [-0.2, -0.15) is 0 Å². The van der Waals surface area contributed by atoms with Crippen LogP contribution in [0.5, 0.6) is 0 Å². The molecule has 7 heteroatoms. The van der Waals surface area contributed by atoms with E-state index < -0.39 is 12.1 Å². The van der Waals surface area contributed by atoms with Crippen LogP contribution in [0.2, 0.25) is 0 Å². The monoisotopic (exact) mass is 424 g/mol. The molecular formula is C19H25BrN2O4. The summed E-state index contributed by atoms with van der Waals surface area (Å²) in [6.07, 6.45) is 3.14. The largest absolute Gasteiger partial charge is 0.451 e. The lowest BCUT2D eigenvalue weighted by atomic mass is 9.99. The van der Waals surface area contributed by atoms with Crippen molar-refractivity contribution >= 4 is 33.7 Å². The van der Waals surface area contributed by atoms with Crippen molar-refractivity contribution in [1.82, 2.24) is 10.2 Å². The summed E-state index contributed by atoms with van der Waals surface area (Å²) in [5.41, 5.74) is 0.448. The van der Waals surface area contributed by atoms with Crippen molar-refractivity contribution < 1.29 is 19.1 Å². The SMILES string of the molecule is CCC1CCCCN1C(=O)C(C)OC(=O)CNC(=O)c1ccc(Br)cc1. The molecule has 0 saturated carbocycles. The van der Waals surface area contributed by atoms with Crippen LogP contribution in [0.1, 0.15) is 49.9 Å². The van der Waals surface area contributed by atoms with Crippen molar-refractivity contribution in [2.75, 3.05) is 13.1 Å². The lowest BCUT2D eigenvalue weighted by Gasteiger charge is -2.36. The maximum atomic E-state index is 12.6. The van der Waals surface area contributed by atoms with E-state index in [1.165, 1.54) is 0 Å². The second-order valence-corrected chi connectivity index (χ2v) is 7.33. The molecule has 1 fully saturated rings. The molecule has 0 radical (unpaired) electrons. The average Bonchev–Trinajstić information content (AvgIpc) is 2.65. The Morgan fingerprint density at radius 1 is 1.27 bits per heavy atom. The summed E-state index contributed by atoms with van der Waals surface area (Å²) < 4.78 is 6.08. The molecule has 1 heterocycles. The molecule has 1 aliphatic heterocycles. The Morgan fingerprint density at radius 2 is 1.96 bits per heavy atom. The van der Waals surface area contributed by atoms with Crippen molar-refractivity contribution in [1.29, 1.82) is 0 Å². The molecule has 2 unspecified atom stereocenters. The summed E-state index contributed by atoms with van der Waals surface area (Å²) in [6, 6.07) is 7.01. The fourth-order valence-electron chi connectivity index (χ4n) is 3.09. The number of amides is 2. The minimum Gasteiger partial charge on any atom is -0.451 e. The minimum absolute atomic E-state index is 0.163. The fourth-order valence-corrected chi connectivity index (χ4v) is 3.36. The number of likely N-dealkylation sites (tertiary alicyclic amines) is 1. The zero-order chi connectivity index (χ0) is 19.1. The van der Waals surface area contributed by atoms with E-state index in [1.807, 2.05) is 4.90 Å². The van der Waals surface area contributed by atoms with Gasteiger partial charge in [0.1, 0.15) is 6.54 Å². The Morgan fingerprint density at radius 3 is 2.62 bits per heavy atom. The molecule has 1 aliphatic rings. The number of piperidine rings is 1. The van der Waals surface area contributed by atoms with E-state index in [0.717, 1.165) is 30.2 Å². The lowest BCUT2D eigenvalue weighted by molar-refractivity contribution is -0.160. The number of halogens is 1. The quantitative estimate of drug-likeness (QED) is 0.712. The molecule has 2 rings (SSSR count). The first-order valence-corrected chi connectivity index (χ1v) is 9.75. The van der Waals surface area contributed by atoms with Crippen LogP contribution in [-0.2, 0) is 14.3 Å². The first kappa shape index (κ1) is 20.4. The van der Waals surface area contributed by atoms with Gasteiger partial charge in [-0.1, -0.05) is 22.9 Å². The average molecular weight is 425 g/mol. The molecular weight excluding hydrogens is 400 g/mol. The van der Waals surface area contributed by atoms with E-state index in [2.05, 4.69) is 28.2 Å². The number of rotatable bonds is 6. The number of hydrogen-bond donors (Lipinski definition) is 1. The Labute approximate surface area is 162 Å². The summed E-state index contributed by atoms with van der Waals surface area (Å²) in [6.45, 7) is 4.08. The molecule has 0 aromatic heterocycles. The number of nitrogens with zero attached hydrogens (tertiary/aromatic N) is 1. The summed E-state index contributed by atoms with van der Waals surface area (Å²) in [5.74, 6) is -1.15. The topological polar surface area (TPSA) is 75.7 Å². The van der Waals surface area contributed by atoms with Gasteiger partial charge in [-0.25, -0.2) is 0 Å². The van der Waals surface area contributed by atoms with Crippen LogP contribution in [-0.4, -0.2) is 47.9 Å². The lowest BCUT2D eigenvalue weighted by Crippen LogP contribution is -2.48. The van der Waals surface area contributed by atoms with Crippen LogP contribution in [0.4, 0.5) is 0 Å². The summed E-state index contributed by atoms with van der Waals surface area (Å²) in [4.78, 5) is 38.3. The van der Waals surface area contributed by atoms with Crippen LogP contribution in [0.25, 0.3) is 0 Å². The van der Waals surface area contributed by atoms with Crippen LogP contribution in [0.15, 0.2) is 28.7 Å². The van der Waals surface area contributed by atoms with E-state index in [0.29, 0.717) is 12.1 Å². The number of carbonyl (C=O) groups is 3. The predicted molar refractivity (Wildman–Crippen MR) is 102 cm³/mol. The van der Waals surface area contributed by atoms with Gasteiger partial charge in [-0.05, 0) is 56.9 Å². The van der Waals surface area contributed by atoms with Crippen molar-refractivity contribution in [2.45, 2.75) is 51.7 Å². The van der Waals surface area contributed by atoms with Crippen LogP contribution in [0.3, 0.4) is 0 Å². The number of esters is 1. The molecule has 0 bridgehead atoms. The maximum Gasteiger partial charge on any atom is 0.326 e. The van der Waals surface area contributed by atoms with Crippen molar-refractivity contribution in [3.63, 3.8) is 0 Å². The highest BCUT2D eigenvalue weighted by atomic mass is 79.9. The fraction of sp³-hybridized carbons (Fsp3) is 0.526. The predicted octanol–water partition coefficient (Wildman–Crippen LogP) is 2.90. The number of benzene rings is 1. The Bertz CT molecular complexity index is 647. The third-order valence-corrected chi connectivity index (χ3v) is 5.07. The van der Waals surface area contributed by atoms with Gasteiger partial charge in [0.15, 0.2) is 6.10 Å². The molecule has 0 aliphatic carbocycles. The van der Waals surface area contributed by atoms with Crippen molar-refractivity contribution in [3.05, 3.63) is 34.3 Å². The van der Waals surface area contributed by atoms with E-state index in [-0.39, 0.29) is 24.4 Å².